The van der Waals surface area contributed by atoms with Crippen LogP contribution < -0.4 is 10.1 Å². The first-order valence-corrected chi connectivity index (χ1v) is 14.6. The number of aromatic hydroxyl groups is 1. The number of aromatic nitrogens is 3. The van der Waals surface area contributed by atoms with Gasteiger partial charge in [0.25, 0.3) is 5.91 Å². The summed E-state index contributed by atoms with van der Waals surface area (Å²) in [6, 6.07) is 3.18. The van der Waals surface area contributed by atoms with Gasteiger partial charge in [-0.1, -0.05) is 29.3 Å². The summed E-state index contributed by atoms with van der Waals surface area (Å²) >= 11 is 13.2. The first-order chi connectivity index (χ1) is 20.2. The molecule has 5 rings (SSSR count). The number of carbonyl (C=O) groups is 2. The first-order valence-electron chi connectivity index (χ1n) is 13.8. The number of carbonyl (C=O) groups excluding carboxylic acids is 2. The monoisotopic (exact) mass is 634 g/mol. The highest BCUT2D eigenvalue weighted by molar-refractivity contribution is 6.35. The van der Waals surface area contributed by atoms with E-state index in [0.29, 0.717) is 11.4 Å². The van der Waals surface area contributed by atoms with Gasteiger partial charge in [0, 0.05) is 31.2 Å². The zero-order valence-electron chi connectivity index (χ0n) is 24.7. The summed E-state index contributed by atoms with van der Waals surface area (Å²) in [6.07, 6.45) is -0.491. The number of anilines is 2. The van der Waals surface area contributed by atoms with Gasteiger partial charge < -0.3 is 29.7 Å². The molecule has 0 saturated carbocycles. The molecule has 230 valence electrons. The third-order valence-corrected chi connectivity index (χ3v) is 7.88. The maximum absolute atomic E-state index is 15.1. The topological polar surface area (TPSA) is 122 Å². The summed E-state index contributed by atoms with van der Waals surface area (Å²) in [6.45, 7) is 11.5. The number of piperazine rings is 1. The van der Waals surface area contributed by atoms with Crippen LogP contribution in [-0.4, -0.2) is 79.6 Å². The van der Waals surface area contributed by atoms with Crippen molar-refractivity contribution in [1.29, 1.82) is 0 Å². The number of phenolic OH excluding ortho intramolecular Hbond substituents is 1. The van der Waals surface area contributed by atoms with Gasteiger partial charge in [-0.05, 0) is 53.7 Å². The number of benzene rings is 1. The summed E-state index contributed by atoms with van der Waals surface area (Å²) in [4.78, 5) is 34.8. The SMILES string of the molecule is Cc1c(Cl)nn(C(C)C)c1Nc1nc(-c2c(O)cccc2F)c(Cl)c2c1C(=O)N1CCN(C(=O)OC(C)(C)C)C[C@@H]1CO2. The molecule has 2 N–H and O–H groups in total. The van der Waals surface area contributed by atoms with Crippen molar-refractivity contribution in [3.05, 3.63) is 45.3 Å². The highest BCUT2D eigenvalue weighted by Crippen LogP contribution is 2.46. The fourth-order valence-corrected chi connectivity index (χ4v) is 5.54. The van der Waals surface area contributed by atoms with Gasteiger partial charge in [-0.25, -0.2) is 18.9 Å². The molecule has 0 aliphatic carbocycles. The maximum Gasteiger partial charge on any atom is 0.410 e. The standard InChI is InChI=1S/C29H33Cl2FN6O5/c1-14(2)38-26(15(3)24(31)35-38)34-25-20-23(21(30)22(33-25)19-17(32)8-7-9-18(19)39)42-13-16-12-36(10-11-37(16)27(20)40)28(41)43-29(4,5)6/h7-9,14,16,39H,10-13H2,1-6H3,(H,33,34)/t16-/m1/s1. The van der Waals surface area contributed by atoms with Crippen LogP contribution in [-0.2, 0) is 4.74 Å². The number of amides is 2. The molecule has 0 bridgehead atoms. The number of phenols is 1. The molecular weight excluding hydrogens is 602 g/mol. The van der Waals surface area contributed by atoms with Gasteiger partial charge in [-0.3, -0.25) is 4.79 Å². The second kappa shape index (κ2) is 11.4. The molecule has 0 unspecified atom stereocenters. The van der Waals surface area contributed by atoms with Crippen LogP contribution in [0.4, 0.5) is 20.8 Å². The van der Waals surface area contributed by atoms with E-state index in [9.17, 15) is 14.7 Å². The third kappa shape index (κ3) is 5.77. The number of nitrogens with zero attached hydrogens (tertiary/aromatic N) is 5. The van der Waals surface area contributed by atoms with Crippen molar-refractivity contribution < 1.29 is 28.6 Å². The number of rotatable bonds is 4. The van der Waals surface area contributed by atoms with Gasteiger partial charge in [0.2, 0.25) is 0 Å². The third-order valence-electron chi connectivity index (χ3n) is 7.17. The molecule has 1 fully saturated rings. The van der Waals surface area contributed by atoms with Crippen LogP contribution in [0.25, 0.3) is 11.3 Å². The molecule has 1 atom stereocenters. The quantitative estimate of drug-likeness (QED) is 0.349. The lowest BCUT2D eigenvalue weighted by atomic mass is 10.1. The number of hydrogen-bond acceptors (Lipinski definition) is 8. The Bertz CT molecular complexity index is 1580. The van der Waals surface area contributed by atoms with E-state index in [1.807, 2.05) is 13.8 Å². The first kappa shape index (κ1) is 30.7. The summed E-state index contributed by atoms with van der Waals surface area (Å²) in [5.74, 6) is -1.15. The van der Waals surface area contributed by atoms with E-state index in [4.69, 9.17) is 32.7 Å². The summed E-state index contributed by atoms with van der Waals surface area (Å²) in [5, 5.41) is 18.3. The van der Waals surface area contributed by atoms with Gasteiger partial charge in [-0.15, -0.1) is 0 Å². The van der Waals surface area contributed by atoms with Gasteiger partial charge in [0.05, 0.1) is 11.6 Å². The molecule has 2 aliphatic heterocycles. The molecule has 1 aromatic carbocycles. The van der Waals surface area contributed by atoms with Crippen LogP contribution in [0.5, 0.6) is 11.5 Å². The Balaban J connectivity index is 1.63. The molecule has 0 spiro atoms. The zero-order valence-corrected chi connectivity index (χ0v) is 26.2. The second-order valence-corrected chi connectivity index (χ2v) is 12.5. The molecule has 2 aromatic heterocycles. The Hall–Kier alpha value is -3.77. The van der Waals surface area contributed by atoms with Crippen molar-refractivity contribution in [2.45, 2.75) is 59.2 Å². The average Bonchev–Trinajstić information content (AvgIpc) is 3.11. The summed E-state index contributed by atoms with van der Waals surface area (Å²) < 4.78 is 28.5. The van der Waals surface area contributed by atoms with Crippen molar-refractivity contribution in [2.24, 2.45) is 0 Å². The minimum atomic E-state index is -0.767. The lowest BCUT2D eigenvalue weighted by Gasteiger charge is -2.40. The Morgan fingerprint density at radius 2 is 1.95 bits per heavy atom. The molecule has 43 heavy (non-hydrogen) atoms. The minimum absolute atomic E-state index is 0.0128. The van der Waals surface area contributed by atoms with Crippen molar-refractivity contribution in [3.8, 4) is 22.8 Å². The van der Waals surface area contributed by atoms with Gasteiger partial charge in [0.15, 0.2) is 10.9 Å². The fourth-order valence-electron chi connectivity index (χ4n) is 5.09. The Morgan fingerprint density at radius 1 is 1.23 bits per heavy atom. The number of nitrogens with one attached hydrogen (secondary N) is 1. The predicted molar refractivity (Wildman–Crippen MR) is 160 cm³/mol. The van der Waals surface area contributed by atoms with Crippen LogP contribution in [0.2, 0.25) is 10.2 Å². The van der Waals surface area contributed by atoms with Crippen LogP contribution in [0.3, 0.4) is 0 Å². The van der Waals surface area contributed by atoms with Crippen molar-refractivity contribution in [1.82, 2.24) is 24.6 Å². The highest BCUT2D eigenvalue weighted by atomic mass is 35.5. The molecule has 4 heterocycles. The lowest BCUT2D eigenvalue weighted by Crippen LogP contribution is -2.58. The largest absolute Gasteiger partial charge is 0.507 e. The number of fused-ring (bicyclic) bond motifs is 2. The van der Waals surface area contributed by atoms with E-state index in [1.54, 1.807) is 37.3 Å². The summed E-state index contributed by atoms with van der Waals surface area (Å²) in [5.41, 5.74) is -0.439. The smallest absolute Gasteiger partial charge is 0.410 e. The Labute approximate surface area is 258 Å². The van der Waals surface area contributed by atoms with Crippen molar-refractivity contribution in [3.63, 3.8) is 0 Å². The van der Waals surface area contributed by atoms with E-state index in [1.165, 1.54) is 23.1 Å². The van der Waals surface area contributed by atoms with E-state index in [-0.39, 0.29) is 70.8 Å². The normalized spacial score (nSPS) is 16.9. The van der Waals surface area contributed by atoms with Crippen molar-refractivity contribution >= 4 is 46.8 Å². The molecule has 11 nitrogen and oxygen atoms in total. The molecule has 2 amide bonds. The minimum Gasteiger partial charge on any atom is -0.507 e. The summed E-state index contributed by atoms with van der Waals surface area (Å²) in [7, 11) is 0. The van der Waals surface area contributed by atoms with Crippen molar-refractivity contribution in [2.75, 3.05) is 31.6 Å². The van der Waals surface area contributed by atoms with Crippen LogP contribution in [0.1, 0.15) is 56.6 Å². The van der Waals surface area contributed by atoms with E-state index in [0.717, 1.165) is 0 Å². The molecule has 3 aromatic rings. The Morgan fingerprint density at radius 3 is 2.60 bits per heavy atom. The fraction of sp³-hybridized carbons (Fsp3) is 0.448. The number of ether oxygens (including phenoxy) is 2. The average molecular weight is 636 g/mol. The zero-order chi connectivity index (χ0) is 31.4. The van der Waals surface area contributed by atoms with E-state index < -0.39 is 35.2 Å². The molecular formula is C29H33Cl2FN6O5. The molecule has 0 radical (unpaired) electrons. The Kier molecular flexibility index (Phi) is 8.12. The highest BCUT2D eigenvalue weighted by Gasteiger charge is 2.41. The maximum atomic E-state index is 15.1. The van der Waals surface area contributed by atoms with E-state index >= 15 is 4.39 Å². The lowest BCUT2D eigenvalue weighted by molar-refractivity contribution is 0.000958. The number of hydrogen-bond donors (Lipinski definition) is 2. The number of halogens is 3. The second-order valence-electron chi connectivity index (χ2n) is 11.8. The van der Waals surface area contributed by atoms with Gasteiger partial charge in [0.1, 0.15) is 51.7 Å². The van der Waals surface area contributed by atoms with Gasteiger partial charge >= 0.3 is 6.09 Å². The number of pyridine rings is 1. The van der Waals surface area contributed by atoms with Gasteiger partial charge in [-0.2, -0.15) is 5.10 Å². The molecule has 2 aliphatic rings. The molecule has 14 heteroatoms. The van der Waals surface area contributed by atoms with E-state index in [2.05, 4.69) is 15.4 Å². The van der Waals surface area contributed by atoms with Crippen LogP contribution >= 0.6 is 23.2 Å². The predicted octanol–water partition coefficient (Wildman–Crippen LogP) is 6.18. The molecule has 1 saturated heterocycles. The van der Waals surface area contributed by atoms with Crippen LogP contribution in [0.15, 0.2) is 18.2 Å². The van der Waals surface area contributed by atoms with Crippen LogP contribution in [0, 0.1) is 12.7 Å².